The fraction of sp³-hybridized carbons (Fsp3) is 0.500. The number of primary amides is 1. The minimum Gasteiger partial charge on any atom is -0.370 e. The Kier molecular flexibility index (Phi) is 3.42. The van der Waals surface area contributed by atoms with Gasteiger partial charge >= 0.3 is 6.18 Å². The van der Waals surface area contributed by atoms with Crippen LogP contribution in [-0.4, -0.2) is 24.8 Å². The van der Waals surface area contributed by atoms with Crippen molar-refractivity contribution < 1.29 is 22.7 Å². The fourth-order valence-electron chi connectivity index (χ4n) is 1.74. The summed E-state index contributed by atoms with van der Waals surface area (Å²) < 4.78 is 43.4. The zero-order valence-electron chi connectivity index (χ0n) is 8.62. The molecule has 16 heavy (non-hydrogen) atoms. The topological polar surface area (TPSA) is 52.3 Å². The second-order valence-electron chi connectivity index (χ2n) is 3.52. The molecule has 1 aliphatic rings. The molecule has 1 amide bonds. The van der Waals surface area contributed by atoms with Crippen LogP contribution in [0, 0.1) is 5.92 Å². The first-order chi connectivity index (χ1) is 7.33. The van der Waals surface area contributed by atoms with Gasteiger partial charge in [-0.2, -0.15) is 13.2 Å². The smallest absolute Gasteiger partial charge is 0.370 e. The normalized spacial score (nSPS) is 29.4. The summed E-state index contributed by atoms with van der Waals surface area (Å²) in [7, 11) is 0.963. The minimum absolute atomic E-state index is 0.409. The van der Waals surface area contributed by atoms with Gasteiger partial charge in [0.2, 0.25) is 5.91 Å². The average molecular weight is 235 g/mol. The van der Waals surface area contributed by atoms with Crippen molar-refractivity contribution in [2.45, 2.75) is 18.2 Å². The van der Waals surface area contributed by atoms with Crippen molar-refractivity contribution in [1.29, 1.82) is 0 Å². The van der Waals surface area contributed by atoms with Gasteiger partial charge in [-0.15, -0.1) is 0 Å². The number of nitrogens with two attached hydrogens (primary N) is 1. The maximum Gasteiger partial charge on any atom is 0.421 e. The Morgan fingerprint density at radius 2 is 2.12 bits per heavy atom. The SMILES string of the molecule is COC1(C(F)(F)F)C=CC=CC1CC(N)=O. The van der Waals surface area contributed by atoms with Crippen molar-refractivity contribution in [2.75, 3.05) is 7.11 Å². The van der Waals surface area contributed by atoms with Crippen LogP contribution in [0.5, 0.6) is 0 Å². The zero-order chi connectivity index (χ0) is 12.4. The molecular formula is C10H12F3NO2. The van der Waals surface area contributed by atoms with Crippen LogP contribution in [-0.2, 0) is 9.53 Å². The molecule has 90 valence electrons. The first-order valence-corrected chi connectivity index (χ1v) is 4.59. The van der Waals surface area contributed by atoms with Crippen LogP contribution in [0.25, 0.3) is 0 Å². The second kappa shape index (κ2) is 4.29. The summed E-state index contributed by atoms with van der Waals surface area (Å²) in [6.07, 6.45) is -0.134. The van der Waals surface area contributed by atoms with Crippen LogP contribution in [0.15, 0.2) is 24.3 Å². The first kappa shape index (κ1) is 12.8. The van der Waals surface area contributed by atoms with Crippen molar-refractivity contribution in [3.63, 3.8) is 0 Å². The number of hydrogen-bond acceptors (Lipinski definition) is 2. The van der Waals surface area contributed by atoms with Gasteiger partial charge in [0.25, 0.3) is 0 Å². The van der Waals surface area contributed by atoms with Gasteiger partial charge in [-0.25, -0.2) is 0 Å². The largest absolute Gasteiger partial charge is 0.421 e. The van der Waals surface area contributed by atoms with Gasteiger partial charge in [0.15, 0.2) is 5.60 Å². The van der Waals surface area contributed by atoms with Gasteiger partial charge in [0, 0.05) is 19.4 Å². The number of carbonyl (C=O) groups is 1. The molecule has 1 aliphatic carbocycles. The van der Waals surface area contributed by atoms with Crippen molar-refractivity contribution in [3.05, 3.63) is 24.3 Å². The van der Waals surface area contributed by atoms with Gasteiger partial charge in [-0.3, -0.25) is 4.79 Å². The summed E-state index contributed by atoms with van der Waals surface area (Å²) in [6.45, 7) is 0. The fourth-order valence-corrected chi connectivity index (χ4v) is 1.74. The number of amides is 1. The standard InChI is InChI=1S/C10H12F3NO2/c1-16-9(10(11,12)13)5-3-2-4-7(9)6-8(14)15/h2-5,7H,6H2,1H3,(H2,14,15). The third-order valence-corrected chi connectivity index (χ3v) is 2.55. The zero-order valence-corrected chi connectivity index (χ0v) is 8.62. The Morgan fingerprint density at radius 3 is 2.56 bits per heavy atom. The minimum atomic E-state index is -4.59. The van der Waals surface area contributed by atoms with Crippen molar-refractivity contribution >= 4 is 5.91 Å². The number of rotatable bonds is 3. The number of halogens is 3. The van der Waals surface area contributed by atoms with Crippen molar-refractivity contribution in [1.82, 2.24) is 0 Å². The predicted molar refractivity (Wildman–Crippen MR) is 51.4 cm³/mol. The quantitative estimate of drug-likeness (QED) is 0.806. The number of allylic oxidation sites excluding steroid dienone is 2. The molecule has 1 rings (SSSR count). The summed E-state index contributed by atoms with van der Waals surface area (Å²) in [4.78, 5) is 10.7. The first-order valence-electron chi connectivity index (χ1n) is 4.59. The Morgan fingerprint density at radius 1 is 1.50 bits per heavy atom. The van der Waals surface area contributed by atoms with Gasteiger partial charge < -0.3 is 10.5 Å². The van der Waals surface area contributed by atoms with Crippen LogP contribution < -0.4 is 5.73 Å². The molecule has 0 aromatic heterocycles. The lowest BCUT2D eigenvalue weighted by Gasteiger charge is -2.38. The highest BCUT2D eigenvalue weighted by Gasteiger charge is 2.58. The lowest BCUT2D eigenvalue weighted by atomic mass is 9.80. The van der Waals surface area contributed by atoms with E-state index in [0.717, 1.165) is 13.2 Å². The Bertz CT molecular complexity index is 335. The molecule has 0 heterocycles. The summed E-state index contributed by atoms with van der Waals surface area (Å²) in [5, 5.41) is 0. The van der Waals surface area contributed by atoms with Gasteiger partial charge in [-0.1, -0.05) is 18.2 Å². The molecule has 0 radical (unpaired) electrons. The molecule has 2 unspecified atom stereocenters. The van der Waals surface area contributed by atoms with E-state index in [1.807, 2.05) is 0 Å². The van der Waals surface area contributed by atoms with E-state index in [4.69, 9.17) is 5.73 Å². The molecule has 0 aromatic carbocycles. The van der Waals surface area contributed by atoms with Crippen molar-refractivity contribution in [2.24, 2.45) is 11.7 Å². The lowest BCUT2D eigenvalue weighted by Crippen LogP contribution is -2.52. The van der Waals surface area contributed by atoms with Crippen LogP contribution in [0.3, 0.4) is 0 Å². The van der Waals surface area contributed by atoms with E-state index in [1.54, 1.807) is 0 Å². The molecule has 0 saturated heterocycles. The maximum atomic E-state index is 12.9. The number of hydrogen-bond donors (Lipinski definition) is 1. The highest BCUT2D eigenvalue weighted by Crippen LogP contribution is 2.43. The summed E-state index contributed by atoms with van der Waals surface area (Å²) in [6, 6.07) is 0. The monoisotopic (exact) mass is 235 g/mol. The van der Waals surface area contributed by atoms with E-state index in [-0.39, 0.29) is 0 Å². The van der Waals surface area contributed by atoms with Crippen LogP contribution in [0.2, 0.25) is 0 Å². The van der Waals surface area contributed by atoms with E-state index in [2.05, 4.69) is 4.74 Å². The number of carbonyl (C=O) groups excluding carboxylic acids is 1. The highest BCUT2D eigenvalue weighted by molar-refractivity contribution is 5.74. The van der Waals surface area contributed by atoms with Gasteiger partial charge in [0.1, 0.15) is 0 Å². The van der Waals surface area contributed by atoms with E-state index in [9.17, 15) is 18.0 Å². The van der Waals surface area contributed by atoms with E-state index >= 15 is 0 Å². The Labute approximate surface area is 90.8 Å². The third kappa shape index (κ3) is 2.11. The molecule has 2 atom stereocenters. The van der Waals surface area contributed by atoms with E-state index in [0.29, 0.717) is 0 Å². The van der Waals surface area contributed by atoms with Gasteiger partial charge in [0.05, 0.1) is 0 Å². The molecule has 0 bridgehead atoms. The van der Waals surface area contributed by atoms with Crippen molar-refractivity contribution in [3.8, 4) is 0 Å². The average Bonchev–Trinajstić information content (AvgIpc) is 2.16. The molecule has 3 nitrogen and oxygen atoms in total. The maximum absolute atomic E-state index is 12.9. The van der Waals surface area contributed by atoms with E-state index in [1.165, 1.54) is 18.2 Å². The Balaban J connectivity index is 3.09. The summed E-state index contributed by atoms with van der Waals surface area (Å²) in [5.74, 6) is -1.92. The van der Waals surface area contributed by atoms with Crippen LogP contribution >= 0.6 is 0 Å². The summed E-state index contributed by atoms with van der Waals surface area (Å²) >= 11 is 0. The lowest BCUT2D eigenvalue weighted by molar-refractivity contribution is -0.263. The number of alkyl halides is 3. The third-order valence-electron chi connectivity index (χ3n) is 2.55. The number of methoxy groups -OCH3 is 1. The molecule has 6 heteroatoms. The van der Waals surface area contributed by atoms with Crippen LogP contribution in [0.1, 0.15) is 6.42 Å². The van der Waals surface area contributed by atoms with Gasteiger partial charge in [-0.05, 0) is 6.08 Å². The molecule has 0 fully saturated rings. The molecular weight excluding hydrogens is 223 g/mol. The molecule has 0 spiro atoms. The molecule has 0 aromatic rings. The highest BCUT2D eigenvalue weighted by atomic mass is 19.4. The molecule has 2 N–H and O–H groups in total. The van der Waals surface area contributed by atoms with E-state index < -0.39 is 30.0 Å². The number of ether oxygens (including phenoxy) is 1. The molecule has 0 saturated carbocycles. The molecule has 0 aliphatic heterocycles. The second-order valence-corrected chi connectivity index (χ2v) is 3.52. The Hall–Kier alpha value is -1.30. The van der Waals surface area contributed by atoms with Crippen LogP contribution in [0.4, 0.5) is 13.2 Å². The summed E-state index contributed by atoms with van der Waals surface area (Å²) in [5.41, 5.74) is 2.46. The predicted octanol–water partition coefficient (Wildman–Crippen LogP) is 1.55.